The summed E-state index contributed by atoms with van der Waals surface area (Å²) in [5.41, 5.74) is 4.47. The van der Waals surface area contributed by atoms with E-state index in [1.807, 2.05) is 30.3 Å². The SMILES string of the molecule is NNC(c1cccc(F)c1)c1ccccc1Br. The van der Waals surface area contributed by atoms with Gasteiger partial charge >= 0.3 is 0 Å². The van der Waals surface area contributed by atoms with Crippen molar-refractivity contribution in [2.45, 2.75) is 6.04 Å². The lowest BCUT2D eigenvalue weighted by Crippen LogP contribution is -2.29. The Labute approximate surface area is 108 Å². The van der Waals surface area contributed by atoms with Crippen molar-refractivity contribution < 1.29 is 4.39 Å². The van der Waals surface area contributed by atoms with Gasteiger partial charge in [0.1, 0.15) is 5.82 Å². The van der Waals surface area contributed by atoms with Crippen LogP contribution in [0.15, 0.2) is 53.0 Å². The number of rotatable bonds is 3. The molecule has 0 saturated carbocycles. The first-order valence-electron chi connectivity index (χ1n) is 5.18. The predicted molar refractivity (Wildman–Crippen MR) is 69.7 cm³/mol. The number of hydrazine groups is 1. The first kappa shape index (κ1) is 12.2. The first-order chi connectivity index (χ1) is 8.22. The Kier molecular flexibility index (Phi) is 3.89. The minimum Gasteiger partial charge on any atom is -0.271 e. The zero-order chi connectivity index (χ0) is 12.3. The third kappa shape index (κ3) is 2.72. The van der Waals surface area contributed by atoms with E-state index in [2.05, 4.69) is 21.4 Å². The number of hydrogen-bond acceptors (Lipinski definition) is 2. The maximum Gasteiger partial charge on any atom is 0.123 e. The van der Waals surface area contributed by atoms with Crippen LogP contribution in [0.5, 0.6) is 0 Å². The summed E-state index contributed by atoms with van der Waals surface area (Å²) in [6.07, 6.45) is 0. The van der Waals surface area contributed by atoms with E-state index in [1.54, 1.807) is 6.07 Å². The molecule has 0 saturated heterocycles. The largest absolute Gasteiger partial charge is 0.271 e. The van der Waals surface area contributed by atoms with E-state index in [1.165, 1.54) is 12.1 Å². The zero-order valence-corrected chi connectivity index (χ0v) is 10.6. The highest BCUT2D eigenvalue weighted by Gasteiger charge is 2.15. The molecule has 2 rings (SSSR count). The van der Waals surface area contributed by atoms with E-state index in [9.17, 15) is 4.39 Å². The van der Waals surface area contributed by atoms with Gasteiger partial charge in [0.05, 0.1) is 6.04 Å². The molecule has 0 aromatic heterocycles. The molecule has 0 aliphatic rings. The fourth-order valence-corrected chi connectivity index (χ4v) is 2.27. The summed E-state index contributed by atoms with van der Waals surface area (Å²) in [7, 11) is 0. The van der Waals surface area contributed by atoms with Crippen molar-refractivity contribution in [1.82, 2.24) is 5.43 Å². The van der Waals surface area contributed by atoms with E-state index in [0.29, 0.717) is 0 Å². The van der Waals surface area contributed by atoms with E-state index >= 15 is 0 Å². The summed E-state index contributed by atoms with van der Waals surface area (Å²) in [6, 6.07) is 13.9. The lowest BCUT2D eigenvalue weighted by molar-refractivity contribution is 0.604. The Balaban J connectivity index is 2.44. The van der Waals surface area contributed by atoms with Crippen molar-refractivity contribution in [3.8, 4) is 0 Å². The monoisotopic (exact) mass is 294 g/mol. The Morgan fingerprint density at radius 1 is 1.12 bits per heavy atom. The highest BCUT2D eigenvalue weighted by molar-refractivity contribution is 9.10. The summed E-state index contributed by atoms with van der Waals surface area (Å²) in [5, 5.41) is 0. The van der Waals surface area contributed by atoms with Gasteiger partial charge in [0, 0.05) is 4.47 Å². The van der Waals surface area contributed by atoms with Gasteiger partial charge in [0.2, 0.25) is 0 Å². The lowest BCUT2D eigenvalue weighted by Gasteiger charge is -2.18. The van der Waals surface area contributed by atoms with Crippen LogP contribution < -0.4 is 11.3 Å². The number of hydrogen-bond donors (Lipinski definition) is 2. The van der Waals surface area contributed by atoms with Crippen molar-refractivity contribution >= 4 is 15.9 Å². The molecule has 1 unspecified atom stereocenters. The molecule has 0 aliphatic carbocycles. The smallest absolute Gasteiger partial charge is 0.123 e. The van der Waals surface area contributed by atoms with Gasteiger partial charge in [-0.3, -0.25) is 5.84 Å². The molecule has 17 heavy (non-hydrogen) atoms. The molecule has 0 fully saturated rings. The second-order valence-electron chi connectivity index (χ2n) is 3.68. The van der Waals surface area contributed by atoms with Gasteiger partial charge < -0.3 is 0 Å². The van der Waals surface area contributed by atoms with Gasteiger partial charge in [-0.2, -0.15) is 0 Å². The van der Waals surface area contributed by atoms with Gasteiger partial charge in [-0.05, 0) is 29.3 Å². The third-order valence-corrected chi connectivity index (χ3v) is 3.29. The fraction of sp³-hybridized carbons (Fsp3) is 0.0769. The van der Waals surface area contributed by atoms with Gasteiger partial charge in [0.15, 0.2) is 0 Å². The Hall–Kier alpha value is -1.23. The van der Waals surface area contributed by atoms with Crippen molar-refractivity contribution in [2.75, 3.05) is 0 Å². The van der Waals surface area contributed by atoms with Crippen LogP contribution in [-0.4, -0.2) is 0 Å². The summed E-state index contributed by atoms with van der Waals surface area (Å²) in [4.78, 5) is 0. The standard InChI is InChI=1S/C13H12BrFN2/c14-12-7-2-1-6-11(12)13(17-16)9-4-3-5-10(15)8-9/h1-8,13,17H,16H2. The molecule has 0 heterocycles. The number of nitrogens with one attached hydrogen (secondary N) is 1. The average molecular weight is 295 g/mol. The topological polar surface area (TPSA) is 38.0 Å². The lowest BCUT2D eigenvalue weighted by atomic mass is 9.99. The summed E-state index contributed by atoms with van der Waals surface area (Å²) >= 11 is 3.46. The molecule has 0 aliphatic heterocycles. The van der Waals surface area contributed by atoms with E-state index in [-0.39, 0.29) is 11.9 Å². The maximum absolute atomic E-state index is 13.2. The minimum absolute atomic E-state index is 0.235. The van der Waals surface area contributed by atoms with Crippen LogP contribution in [0.1, 0.15) is 17.2 Å². The molecule has 3 N–H and O–H groups in total. The molecular weight excluding hydrogens is 283 g/mol. The molecule has 1 atom stereocenters. The van der Waals surface area contributed by atoms with Crippen molar-refractivity contribution in [1.29, 1.82) is 0 Å². The second kappa shape index (κ2) is 5.40. The zero-order valence-electron chi connectivity index (χ0n) is 9.03. The highest BCUT2D eigenvalue weighted by Crippen LogP contribution is 2.28. The molecule has 0 spiro atoms. The third-order valence-electron chi connectivity index (χ3n) is 2.56. The van der Waals surface area contributed by atoms with Crippen molar-refractivity contribution in [2.24, 2.45) is 5.84 Å². The molecule has 0 amide bonds. The van der Waals surface area contributed by atoms with Crippen molar-refractivity contribution in [3.05, 3.63) is 69.9 Å². The highest BCUT2D eigenvalue weighted by atomic mass is 79.9. The molecule has 2 aromatic rings. The number of nitrogens with two attached hydrogens (primary N) is 1. The summed E-state index contributed by atoms with van der Waals surface area (Å²) in [6.45, 7) is 0. The molecule has 4 heteroatoms. The quantitative estimate of drug-likeness (QED) is 0.674. The van der Waals surface area contributed by atoms with Gasteiger partial charge in [-0.1, -0.05) is 46.3 Å². The number of benzene rings is 2. The second-order valence-corrected chi connectivity index (χ2v) is 4.53. The Morgan fingerprint density at radius 2 is 1.88 bits per heavy atom. The van der Waals surface area contributed by atoms with Crippen LogP contribution in [0.25, 0.3) is 0 Å². The molecule has 0 bridgehead atoms. The molecule has 2 nitrogen and oxygen atoms in total. The van der Waals surface area contributed by atoms with Crippen LogP contribution in [0.3, 0.4) is 0 Å². The minimum atomic E-state index is -0.269. The van der Waals surface area contributed by atoms with Crippen LogP contribution in [0.4, 0.5) is 4.39 Å². The summed E-state index contributed by atoms with van der Waals surface area (Å²) in [5.74, 6) is 5.29. The molecule has 88 valence electrons. The van der Waals surface area contributed by atoms with Gasteiger partial charge in [0.25, 0.3) is 0 Å². The maximum atomic E-state index is 13.2. The normalized spacial score (nSPS) is 12.4. The van der Waals surface area contributed by atoms with E-state index < -0.39 is 0 Å². The van der Waals surface area contributed by atoms with Gasteiger partial charge in [-0.15, -0.1) is 0 Å². The Bertz CT molecular complexity index is 516. The molecule has 2 aromatic carbocycles. The van der Waals surface area contributed by atoms with E-state index in [4.69, 9.17) is 5.84 Å². The summed E-state index contributed by atoms with van der Waals surface area (Å²) < 4.78 is 14.1. The van der Waals surface area contributed by atoms with Crippen LogP contribution in [0.2, 0.25) is 0 Å². The molecular formula is C13H12BrFN2. The first-order valence-corrected chi connectivity index (χ1v) is 5.97. The molecule has 0 radical (unpaired) electrons. The van der Waals surface area contributed by atoms with Crippen molar-refractivity contribution in [3.63, 3.8) is 0 Å². The van der Waals surface area contributed by atoms with Gasteiger partial charge in [-0.25, -0.2) is 9.82 Å². The average Bonchev–Trinajstić information content (AvgIpc) is 2.33. The van der Waals surface area contributed by atoms with Crippen LogP contribution in [0, 0.1) is 5.82 Å². The Morgan fingerprint density at radius 3 is 2.53 bits per heavy atom. The predicted octanol–water partition coefficient (Wildman–Crippen LogP) is 3.14. The van der Waals surface area contributed by atoms with Crippen LogP contribution in [-0.2, 0) is 0 Å². The fourth-order valence-electron chi connectivity index (χ4n) is 1.76. The number of halogens is 2. The van der Waals surface area contributed by atoms with E-state index in [0.717, 1.165) is 15.6 Å². The van der Waals surface area contributed by atoms with Crippen LogP contribution >= 0.6 is 15.9 Å².